The molecule has 0 saturated carbocycles. The lowest BCUT2D eigenvalue weighted by atomic mass is 10.0. The summed E-state index contributed by atoms with van der Waals surface area (Å²) in [6, 6.07) is 24.0. The molecule has 0 saturated heterocycles. The van der Waals surface area contributed by atoms with Crippen molar-refractivity contribution in [1.29, 1.82) is 0 Å². The van der Waals surface area contributed by atoms with Crippen molar-refractivity contribution in [2.75, 3.05) is 0 Å². The minimum atomic E-state index is -0.802. The van der Waals surface area contributed by atoms with Crippen LogP contribution in [0.5, 0.6) is 0 Å². The van der Waals surface area contributed by atoms with E-state index in [1.54, 1.807) is 12.1 Å². The van der Waals surface area contributed by atoms with Gasteiger partial charge in [-0.3, -0.25) is 4.79 Å². The summed E-state index contributed by atoms with van der Waals surface area (Å²) >= 11 is 0. The number of fused-ring (bicyclic) bond motifs is 1. The lowest BCUT2D eigenvalue weighted by Gasteiger charge is -2.21. The molecule has 0 fully saturated rings. The molecule has 0 aliphatic heterocycles. The lowest BCUT2D eigenvalue weighted by molar-refractivity contribution is -0.140. The second kappa shape index (κ2) is 10.2. The van der Waals surface area contributed by atoms with E-state index in [1.807, 2.05) is 54.6 Å². The van der Waals surface area contributed by atoms with Gasteiger partial charge in [-0.1, -0.05) is 66.7 Å². The number of carbonyl (C=O) groups is 3. The van der Waals surface area contributed by atoms with Crippen molar-refractivity contribution >= 4 is 17.8 Å². The normalized spacial score (nSPS) is 13.8. The Bertz CT molecular complexity index is 1120. The summed E-state index contributed by atoms with van der Waals surface area (Å²) in [5, 5.41) is 3.27. The first-order valence-corrected chi connectivity index (χ1v) is 11.0. The van der Waals surface area contributed by atoms with Gasteiger partial charge in [-0.2, -0.15) is 0 Å². The van der Waals surface area contributed by atoms with Gasteiger partial charge in [-0.25, -0.2) is 9.59 Å². The Kier molecular flexibility index (Phi) is 6.95. The average Bonchev–Trinajstić information content (AvgIpc) is 3.24. The Balaban J connectivity index is 1.40. The van der Waals surface area contributed by atoms with Crippen LogP contribution in [-0.2, 0) is 27.2 Å². The van der Waals surface area contributed by atoms with E-state index in [9.17, 15) is 14.4 Å². The third-order valence-corrected chi connectivity index (χ3v) is 5.87. The molecule has 1 atom stereocenters. The van der Waals surface area contributed by atoms with E-state index in [4.69, 9.17) is 10.5 Å². The topological polar surface area (TPSA) is 98.5 Å². The Morgan fingerprint density at radius 1 is 0.848 bits per heavy atom. The number of hydrogen-bond acceptors (Lipinski definition) is 5. The van der Waals surface area contributed by atoms with Crippen molar-refractivity contribution in [1.82, 2.24) is 5.32 Å². The van der Waals surface area contributed by atoms with Crippen LogP contribution < -0.4 is 11.1 Å². The molecule has 3 aromatic carbocycles. The van der Waals surface area contributed by atoms with Gasteiger partial charge in [0.05, 0.1) is 5.56 Å². The van der Waals surface area contributed by atoms with E-state index in [-0.39, 0.29) is 24.4 Å². The fraction of sp³-hybridized carbons (Fsp3) is 0.222. The molecule has 0 radical (unpaired) electrons. The third-order valence-electron chi connectivity index (χ3n) is 5.87. The zero-order chi connectivity index (χ0) is 23.2. The quantitative estimate of drug-likeness (QED) is 0.411. The van der Waals surface area contributed by atoms with Crippen LogP contribution in [-0.4, -0.2) is 29.9 Å². The van der Waals surface area contributed by atoms with Gasteiger partial charge >= 0.3 is 11.9 Å². The minimum absolute atomic E-state index is 0.0202. The Morgan fingerprint density at radius 3 is 2.03 bits per heavy atom. The summed E-state index contributed by atoms with van der Waals surface area (Å²) in [6.07, 6.45) is 1.73. The zero-order valence-corrected chi connectivity index (χ0v) is 18.2. The van der Waals surface area contributed by atoms with E-state index >= 15 is 0 Å². The third kappa shape index (κ3) is 5.73. The number of hydrogen-bond donors (Lipinski definition) is 2. The largest absolute Gasteiger partial charge is 0.388 e. The molecule has 4 rings (SSSR count). The second-order valence-corrected chi connectivity index (χ2v) is 8.25. The smallest absolute Gasteiger partial charge is 0.345 e. The van der Waals surface area contributed by atoms with Crippen molar-refractivity contribution in [3.63, 3.8) is 0 Å². The molecule has 0 spiro atoms. The second-order valence-electron chi connectivity index (χ2n) is 8.25. The number of nitrogens with two attached hydrogens (primary N) is 1. The SMILES string of the molecule is NC(=O)CC[C@H](NC1Cc2ccccc2C1)C(=O)OC(=O)c1ccc(-c2ccccc2)cc1. The van der Waals surface area contributed by atoms with Crippen molar-refractivity contribution in [2.24, 2.45) is 5.73 Å². The van der Waals surface area contributed by atoms with Gasteiger partial charge in [0.25, 0.3) is 0 Å². The lowest BCUT2D eigenvalue weighted by Crippen LogP contribution is -2.45. The first-order valence-electron chi connectivity index (χ1n) is 11.0. The minimum Gasteiger partial charge on any atom is -0.388 e. The molecule has 1 aliphatic rings. The number of primary amides is 1. The van der Waals surface area contributed by atoms with E-state index in [2.05, 4.69) is 17.4 Å². The summed E-state index contributed by atoms with van der Waals surface area (Å²) in [5.74, 6) is -1.93. The highest BCUT2D eigenvalue weighted by atomic mass is 16.6. The molecule has 3 N–H and O–H groups in total. The first kappa shape index (κ1) is 22.4. The molecule has 0 aromatic heterocycles. The number of amides is 1. The number of nitrogens with one attached hydrogen (secondary N) is 1. The van der Waals surface area contributed by atoms with Gasteiger partial charge in [0.2, 0.25) is 5.91 Å². The van der Waals surface area contributed by atoms with Gasteiger partial charge in [0.15, 0.2) is 0 Å². The monoisotopic (exact) mass is 442 g/mol. The van der Waals surface area contributed by atoms with Crippen LogP contribution in [0.15, 0.2) is 78.9 Å². The molecule has 1 aliphatic carbocycles. The number of rotatable bonds is 8. The molecule has 0 unspecified atom stereocenters. The number of ether oxygens (including phenoxy) is 1. The average molecular weight is 443 g/mol. The number of esters is 2. The van der Waals surface area contributed by atoms with Crippen LogP contribution in [0.4, 0.5) is 0 Å². The Hall–Kier alpha value is -3.77. The highest BCUT2D eigenvalue weighted by molar-refractivity contribution is 5.98. The molecule has 3 aromatic rings. The maximum Gasteiger partial charge on any atom is 0.345 e. The molecule has 6 nitrogen and oxygen atoms in total. The Labute approximate surface area is 192 Å². The summed E-state index contributed by atoms with van der Waals surface area (Å²) in [5.41, 5.74) is 10.0. The van der Waals surface area contributed by atoms with Crippen LogP contribution in [0.25, 0.3) is 11.1 Å². The molecular formula is C27H26N2O4. The highest BCUT2D eigenvalue weighted by Gasteiger charge is 2.29. The molecule has 6 heteroatoms. The van der Waals surface area contributed by atoms with Crippen molar-refractivity contribution in [3.8, 4) is 11.1 Å². The molecule has 168 valence electrons. The van der Waals surface area contributed by atoms with E-state index in [0.29, 0.717) is 0 Å². The van der Waals surface area contributed by atoms with E-state index < -0.39 is 23.9 Å². The summed E-state index contributed by atoms with van der Waals surface area (Å²) in [4.78, 5) is 36.7. The van der Waals surface area contributed by atoms with Gasteiger partial charge < -0.3 is 15.8 Å². The maximum atomic E-state index is 12.8. The van der Waals surface area contributed by atoms with Gasteiger partial charge in [-0.05, 0) is 53.6 Å². The first-order chi connectivity index (χ1) is 16.0. The number of benzene rings is 3. The summed E-state index contributed by atoms with van der Waals surface area (Å²) in [6.45, 7) is 0. The van der Waals surface area contributed by atoms with Crippen molar-refractivity contribution in [3.05, 3.63) is 95.6 Å². The van der Waals surface area contributed by atoms with Crippen molar-refractivity contribution < 1.29 is 19.1 Å². The summed E-state index contributed by atoms with van der Waals surface area (Å²) in [7, 11) is 0. The predicted molar refractivity (Wildman–Crippen MR) is 125 cm³/mol. The molecule has 33 heavy (non-hydrogen) atoms. The van der Waals surface area contributed by atoms with Crippen LogP contribution in [0.3, 0.4) is 0 Å². The van der Waals surface area contributed by atoms with Crippen molar-refractivity contribution in [2.45, 2.75) is 37.8 Å². The zero-order valence-electron chi connectivity index (χ0n) is 18.2. The van der Waals surface area contributed by atoms with Crippen LogP contribution >= 0.6 is 0 Å². The Morgan fingerprint density at radius 2 is 1.42 bits per heavy atom. The predicted octanol–water partition coefficient (Wildman–Crippen LogP) is 3.43. The maximum absolute atomic E-state index is 12.8. The molecular weight excluding hydrogens is 416 g/mol. The molecule has 0 bridgehead atoms. The fourth-order valence-corrected chi connectivity index (χ4v) is 4.17. The van der Waals surface area contributed by atoms with Crippen LogP contribution in [0.1, 0.15) is 34.3 Å². The van der Waals surface area contributed by atoms with E-state index in [0.717, 1.165) is 24.0 Å². The van der Waals surface area contributed by atoms with Gasteiger partial charge in [-0.15, -0.1) is 0 Å². The van der Waals surface area contributed by atoms with Crippen LogP contribution in [0.2, 0.25) is 0 Å². The summed E-state index contributed by atoms with van der Waals surface area (Å²) < 4.78 is 5.17. The number of carbonyl (C=O) groups excluding carboxylic acids is 3. The highest BCUT2D eigenvalue weighted by Crippen LogP contribution is 2.23. The van der Waals surface area contributed by atoms with E-state index in [1.165, 1.54) is 11.1 Å². The fourth-order valence-electron chi connectivity index (χ4n) is 4.17. The van der Waals surface area contributed by atoms with Gasteiger partial charge in [0.1, 0.15) is 6.04 Å². The molecule has 1 amide bonds. The molecule has 0 heterocycles. The van der Waals surface area contributed by atoms with Crippen LogP contribution in [0, 0.1) is 0 Å². The van der Waals surface area contributed by atoms with Gasteiger partial charge in [0, 0.05) is 12.5 Å². The standard InChI is InChI=1S/C27H26N2O4/c28-25(30)15-14-24(29-23-16-21-8-4-5-9-22(21)17-23)27(32)33-26(31)20-12-10-19(11-13-20)18-6-2-1-3-7-18/h1-13,23-24,29H,14-17H2,(H2,28,30)/t24-/m0/s1.